The molecule has 28 heavy (non-hydrogen) atoms. The molecular weight excluding hydrogens is 359 g/mol. The van der Waals surface area contributed by atoms with Gasteiger partial charge in [-0.3, -0.25) is 9.59 Å². The first-order chi connectivity index (χ1) is 13.4. The SMILES string of the molecule is CN(C)CCN(C)C(=O)c1cc(CC2N=NC(=O)C3=C2CCCC3)ccc1F. The lowest BCUT2D eigenvalue weighted by atomic mass is 9.84. The highest BCUT2D eigenvalue weighted by Gasteiger charge is 2.29. The van der Waals surface area contributed by atoms with E-state index in [1.807, 2.05) is 19.0 Å². The van der Waals surface area contributed by atoms with Gasteiger partial charge in [-0.2, -0.15) is 5.11 Å². The molecule has 1 aliphatic carbocycles. The van der Waals surface area contributed by atoms with Gasteiger partial charge in [0.2, 0.25) is 0 Å². The second kappa shape index (κ2) is 8.73. The Balaban J connectivity index is 1.78. The number of azo groups is 1. The molecule has 0 radical (unpaired) electrons. The van der Waals surface area contributed by atoms with Crippen molar-refractivity contribution in [3.05, 3.63) is 46.3 Å². The summed E-state index contributed by atoms with van der Waals surface area (Å²) < 4.78 is 14.3. The van der Waals surface area contributed by atoms with Crippen molar-refractivity contribution >= 4 is 11.8 Å². The van der Waals surface area contributed by atoms with Crippen molar-refractivity contribution < 1.29 is 14.0 Å². The van der Waals surface area contributed by atoms with Crippen LogP contribution in [0, 0.1) is 5.82 Å². The predicted molar refractivity (Wildman–Crippen MR) is 105 cm³/mol. The number of hydrogen-bond acceptors (Lipinski definition) is 4. The third-order valence-corrected chi connectivity index (χ3v) is 5.38. The van der Waals surface area contributed by atoms with Gasteiger partial charge in [0.1, 0.15) is 5.82 Å². The van der Waals surface area contributed by atoms with E-state index < -0.39 is 5.82 Å². The van der Waals surface area contributed by atoms with E-state index in [4.69, 9.17) is 0 Å². The molecule has 0 bridgehead atoms. The molecule has 0 saturated heterocycles. The third-order valence-electron chi connectivity index (χ3n) is 5.38. The highest BCUT2D eigenvalue weighted by atomic mass is 19.1. The van der Waals surface area contributed by atoms with Crippen LogP contribution in [0.3, 0.4) is 0 Å². The molecule has 1 atom stereocenters. The zero-order chi connectivity index (χ0) is 20.3. The number of likely N-dealkylation sites (N-methyl/N-ethyl adjacent to an activating group) is 2. The van der Waals surface area contributed by atoms with Gasteiger partial charge >= 0.3 is 0 Å². The minimum Gasteiger partial charge on any atom is -0.340 e. The van der Waals surface area contributed by atoms with Gasteiger partial charge in [0.25, 0.3) is 11.8 Å². The molecule has 150 valence electrons. The maximum atomic E-state index is 14.3. The molecule has 1 aromatic rings. The molecule has 0 spiro atoms. The Morgan fingerprint density at radius 3 is 2.68 bits per heavy atom. The summed E-state index contributed by atoms with van der Waals surface area (Å²) in [5, 5.41) is 8.00. The summed E-state index contributed by atoms with van der Waals surface area (Å²) in [5.74, 6) is -1.08. The number of carbonyl (C=O) groups is 2. The Labute approximate surface area is 165 Å². The fraction of sp³-hybridized carbons (Fsp3) is 0.524. The minimum atomic E-state index is -0.525. The summed E-state index contributed by atoms with van der Waals surface area (Å²) in [5.41, 5.74) is 2.75. The van der Waals surface area contributed by atoms with Gasteiger partial charge < -0.3 is 9.80 Å². The Kier molecular flexibility index (Phi) is 6.34. The zero-order valence-corrected chi connectivity index (χ0v) is 16.7. The van der Waals surface area contributed by atoms with Gasteiger partial charge in [-0.05, 0) is 63.0 Å². The molecule has 0 fully saturated rings. The predicted octanol–water partition coefficient (Wildman–Crippen LogP) is 3.23. The van der Waals surface area contributed by atoms with Gasteiger partial charge in [0.15, 0.2) is 0 Å². The molecule has 1 heterocycles. The fourth-order valence-corrected chi connectivity index (χ4v) is 3.70. The van der Waals surface area contributed by atoms with Gasteiger partial charge in [-0.1, -0.05) is 6.07 Å². The van der Waals surface area contributed by atoms with Crippen molar-refractivity contribution in [2.75, 3.05) is 34.2 Å². The Morgan fingerprint density at radius 2 is 1.93 bits per heavy atom. The quantitative estimate of drug-likeness (QED) is 0.754. The first-order valence-corrected chi connectivity index (χ1v) is 9.72. The average Bonchev–Trinajstić information content (AvgIpc) is 2.69. The summed E-state index contributed by atoms with van der Waals surface area (Å²) in [6, 6.07) is 4.43. The maximum absolute atomic E-state index is 14.3. The van der Waals surface area contributed by atoms with Crippen molar-refractivity contribution in [2.24, 2.45) is 10.2 Å². The van der Waals surface area contributed by atoms with Crippen molar-refractivity contribution in [3.8, 4) is 0 Å². The fourth-order valence-electron chi connectivity index (χ4n) is 3.70. The van der Waals surface area contributed by atoms with E-state index in [1.54, 1.807) is 19.2 Å². The van der Waals surface area contributed by atoms with Crippen LogP contribution in [0.2, 0.25) is 0 Å². The topological polar surface area (TPSA) is 65.3 Å². The molecule has 0 saturated carbocycles. The van der Waals surface area contributed by atoms with Crippen molar-refractivity contribution in [1.82, 2.24) is 9.80 Å². The summed E-state index contributed by atoms with van der Waals surface area (Å²) in [6.07, 6.45) is 4.17. The lowest BCUT2D eigenvalue weighted by Crippen LogP contribution is -2.34. The second-order valence-electron chi connectivity index (χ2n) is 7.80. The van der Waals surface area contributed by atoms with E-state index in [2.05, 4.69) is 10.2 Å². The zero-order valence-electron chi connectivity index (χ0n) is 16.7. The molecule has 7 heteroatoms. The van der Waals surface area contributed by atoms with Crippen LogP contribution in [0.4, 0.5) is 4.39 Å². The van der Waals surface area contributed by atoms with Crippen molar-refractivity contribution in [3.63, 3.8) is 0 Å². The molecule has 0 aromatic heterocycles. The lowest BCUT2D eigenvalue weighted by molar-refractivity contribution is -0.115. The van der Waals surface area contributed by atoms with Gasteiger partial charge in [0, 0.05) is 32.1 Å². The molecule has 1 aliphatic heterocycles. The maximum Gasteiger partial charge on any atom is 0.291 e. The minimum absolute atomic E-state index is 0.0698. The number of nitrogens with zero attached hydrogens (tertiary/aromatic N) is 4. The Morgan fingerprint density at radius 1 is 1.18 bits per heavy atom. The third kappa shape index (κ3) is 4.52. The number of halogens is 1. The van der Waals surface area contributed by atoms with Crippen LogP contribution in [-0.2, 0) is 11.2 Å². The smallest absolute Gasteiger partial charge is 0.291 e. The second-order valence-corrected chi connectivity index (χ2v) is 7.80. The van der Waals surface area contributed by atoms with E-state index in [-0.39, 0.29) is 23.4 Å². The summed E-state index contributed by atoms with van der Waals surface area (Å²) in [7, 11) is 5.53. The van der Waals surface area contributed by atoms with E-state index in [0.717, 1.165) is 42.4 Å². The molecule has 2 amide bonds. The highest BCUT2D eigenvalue weighted by Crippen LogP contribution is 2.33. The largest absolute Gasteiger partial charge is 0.340 e. The molecule has 1 unspecified atom stereocenters. The van der Waals surface area contributed by atoms with E-state index >= 15 is 0 Å². The normalized spacial score (nSPS) is 19.2. The van der Waals surface area contributed by atoms with Crippen molar-refractivity contribution in [2.45, 2.75) is 38.1 Å². The molecule has 0 N–H and O–H groups in total. The van der Waals surface area contributed by atoms with E-state index in [0.29, 0.717) is 19.5 Å². The van der Waals surface area contributed by atoms with Crippen LogP contribution in [0.15, 0.2) is 39.6 Å². The standard InChI is InChI=1S/C21H27FN4O2/c1-25(2)10-11-26(3)21(28)17-12-14(8-9-18(17)22)13-19-15-6-4-5-7-16(15)20(27)24-23-19/h8-9,12,19H,4-7,10-11,13H2,1-3H3. The number of benzene rings is 1. The van der Waals surface area contributed by atoms with Crippen LogP contribution in [-0.4, -0.2) is 61.9 Å². The first kappa shape index (κ1) is 20.3. The Hall–Kier alpha value is -2.41. The van der Waals surface area contributed by atoms with E-state index in [9.17, 15) is 14.0 Å². The summed E-state index contributed by atoms with van der Waals surface area (Å²) in [6.45, 7) is 1.22. The van der Waals surface area contributed by atoms with Gasteiger partial charge in [-0.25, -0.2) is 4.39 Å². The Bertz CT molecular complexity index is 832. The van der Waals surface area contributed by atoms with Crippen LogP contribution in [0.5, 0.6) is 0 Å². The van der Waals surface area contributed by atoms with Crippen LogP contribution in [0.25, 0.3) is 0 Å². The van der Waals surface area contributed by atoms with Crippen LogP contribution in [0.1, 0.15) is 41.6 Å². The number of amides is 2. The molecule has 1 aromatic carbocycles. The van der Waals surface area contributed by atoms with Crippen LogP contribution < -0.4 is 0 Å². The number of rotatable bonds is 6. The average molecular weight is 386 g/mol. The first-order valence-electron chi connectivity index (χ1n) is 9.72. The van der Waals surface area contributed by atoms with Gasteiger partial charge in [-0.15, -0.1) is 5.11 Å². The van der Waals surface area contributed by atoms with Crippen molar-refractivity contribution in [1.29, 1.82) is 0 Å². The monoisotopic (exact) mass is 386 g/mol. The van der Waals surface area contributed by atoms with Crippen LogP contribution >= 0.6 is 0 Å². The summed E-state index contributed by atoms with van der Waals surface area (Å²) >= 11 is 0. The van der Waals surface area contributed by atoms with Gasteiger partial charge in [0.05, 0.1) is 11.6 Å². The number of hydrogen-bond donors (Lipinski definition) is 0. The molecular formula is C21H27FN4O2. The molecule has 3 rings (SSSR count). The van der Waals surface area contributed by atoms with E-state index in [1.165, 1.54) is 11.0 Å². The summed E-state index contributed by atoms with van der Waals surface area (Å²) in [4.78, 5) is 28.1. The lowest BCUT2D eigenvalue weighted by Gasteiger charge is -2.26. The molecule has 6 nitrogen and oxygen atoms in total. The highest BCUT2D eigenvalue weighted by molar-refractivity contribution is 5.96. The number of carbonyl (C=O) groups excluding carboxylic acids is 2. The molecule has 2 aliphatic rings.